The third kappa shape index (κ3) is 1.38. The van der Waals surface area contributed by atoms with Gasteiger partial charge in [-0.25, -0.2) is 0 Å². The fraction of sp³-hybridized carbons (Fsp3) is 0.167. The first kappa shape index (κ1) is 7.75. The molecule has 0 unspecified atom stereocenters. The van der Waals surface area contributed by atoms with Crippen molar-refractivity contribution in [2.24, 2.45) is 0 Å². The van der Waals surface area contributed by atoms with Crippen LogP contribution in [0.5, 0.6) is 5.06 Å². The first-order valence-electron chi connectivity index (χ1n) is 2.65. The Morgan fingerprint density at radius 3 is 2.90 bits per heavy atom. The molecule has 0 aliphatic carbocycles. The lowest BCUT2D eigenvalue weighted by Gasteiger charge is -1.93. The molecular weight excluding hydrogens is 214 g/mol. The molecule has 0 fully saturated rings. The maximum absolute atomic E-state index is 6.69. The molecule has 0 aliphatic rings. The smallest absolute Gasteiger partial charge is 0.186 e. The van der Waals surface area contributed by atoms with Gasteiger partial charge in [-0.2, -0.15) is 0 Å². The predicted octanol–water partition coefficient (Wildman–Crippen LogP) is 2.80. The average Bonchev–Trinajstić information content (AvgIpc) is 2.20. The van der Waals surface area contributed by atoms with Crippen molar-refractivity contribution < 1.29 is 4.74 Å². The molecule has 0 radical (unpaired) electrons. The summed E-state index contributed by atoms with van der Waals surface area (Å²) in [4.78, 5) is 0. The minimum atomic E-state index is 0.780. The van der Waals surface area contributed by atoms with Crippen LogP contribution in [0.1, 0.15) is 5.56 Å². The Morgan fingerprint density at radius 1 is 1.80 bits per heavy atom. The van der Waals surface area contributed by atoms with Gasteiger partial charge in [-0.15, -0.1) is 11.3 Å². The lowest BCUT2D eigenvalue weighted by molar-refractivity contribution is 0.582. The van der Waals surface area contributed by atoms with Gasteiger partial charge in [-0.3, -0.25) is 5.41 Å². The molecule has 0 aliphatic heterocycles. The fourth-order valence-electron chi connectivity index (χ4n) is 0.549. The molecule has 0 aromatic carbocycles. The topological polar surface area (TPSA) is 33.1 Å². The molecule has 0 amide bonds. The average molecular weight is 220 g/mol. The molecule has 0 saturated carbocycles. The summed E-state index contributed by atoms with van der Waals surface area (Å²) in [7, 11) is 0. The highest BCUT2D eigenvalue weighted by Gasteiger charge is 2.03. The van der Waals surface area contributed by atoms with Gasteiger partial charge in [0.05, 0.1) is 0 Å². The zero-order valence-electron chi connectivity index (χ0n) is 5.35. The van der Waals surface area contributed by atoms with E-state index in [9.17, 15) is 0 Å². The second-order valence-corrected chi connectivity index (χ2v) is 3.43. The summed E-state index contributed by atoms with van der Waals surface area (Å²) in [6.45, 7) is 1.94. The molecule has 0 atom stereocenters. The molecule has 2 nitrogen and oxygen atoms in total. The normalized spacial score (nSPS) is 9.40. The molecule has 10 heavy (non-hydrogen) atoms. The number of halogens is 1. The summed E-state index contributed by atoms with van der Waals surface area (Å²) in [5.74, 6) is 0. The first-order valence-corrected chi connectivity index (χ1v) is 4.32. The lowest BCUT2D eigenvalue weighted by atomic mass is 10.4. The molecule has 1 aromatic rings. The van der Waals surface area contributed by atoms with Gasteiger partial charge in [-0.1, -0.05) is 0 Å². The first-order chi connectivity index (χ1) is 4.75. The quantitative estimate of drug-likeness (QED) is 0.603. The van der Waals surface area contributed by atoms with Gasteiger partial charge in [0.1, 0.15) is 0 Å². The van der Waals surface area contributed by atoms with E-state index >= 15 is 0 Å². The molecule has 0 saturated heterocycles. The minimum Gasteiger partial charge on any atom is -0.435 e. The van der Waals surface area contributed by atoms with Gasteiger partial charge in [0.25, 0.3) is 0 Å². The molecule has 0 spiro atoms. The van der Waals surface area contributed by atoms with Gasteiger partial charge in [0.2, 0.25) is 0 Å². The molecule has 1 heterocycles. The SMILES string of the molecule is Cc1c(Br)csc1OC=N. The minimum absolute atomic E-state index is 0.780. The number of ether oxygens (including phenoxy) is 1. The van der Waals surface area contributed by atoms with Crippen LogP contribution in [0.25, 0.3) is 0 Å². The van der Waals surface area contributed by atoms with Crippen molar-refractivity contribution in [1.29, 1.82) is 5.41 Å². The summed E-state index contributed by atoms with van der Waals surface area (Å²) in [5.41, 5.74) is 1.05. The van der Waals surface area contributed by atoms with Gasteiger partial charge >= 0.3 is 0 Å². The van der Waals surface area contributed by atoms with Gasteiger partial charge < -0.3 is 4.74 Å². The number of nitrogens with one attached hydrogen (secondary N) is 1. The molecule has 1 rings (SSSR count). The summed E-state index contributed by atoms with van der Waals surface area (Å²) >= 11 is 4.82. The zero-order valence-corrected chi connectivity index (χ0v) is 7.75. The molecule has 1 aromatic heterocycles. The molecule has 4 heteroatoms. The zero-order chi connectivity index (χ0) is 7.56. The Balaban J connectivity index is 2.93. The molecule has 54 valence electrons. The summed E-state index contributed by atoms with van der Waals surface area (Å²) < 4.78 is 5.92. The van der Waals surface area contributed by atoms with Crippen LogP contribution in [-0.4, -0.2) is 6.40 Å². The summed E-state index contributed by atoms with van der Waals surface area (Å²) in [6.07, 6.45) is 0.936. The van der Waals surface area contributed by atoms with E-state index in [1.165, 1.54) is 11.3 Å². The molecular formula is C6H6BrNOS. The van der Waals surface area contributed by atoms with E-state index in [2.05, 4.69) is 15.9 Å². The number of hydrogen-bond donors (Lipinski definition) is 1. The third-order valence-electron chi connectivity index (χ3n) is 1.10. The molecule has 1 N–H and O–H groups in total. The number of hydrogen-bond acceptors (Lipinski definition) is 3. The van der Waals surface area contributed by atoms with Crippen LogP contribution in [0.15, 0.2) is 9.85 Å². The largest absolute Gasteiger partial charge is 0.435 e. The second-order valence-electron chi connectivity index (χ2n) is 1.73. The van der Waals surface area contributed by atoms with E-state index in [1.807, 2.05) is 12.3 Å². The number of thiophene rings is 1. The Morgan fingerprint density at radius 2 is 2.50 bits per heavy atom. The van der Waals surface area contributed by atoms with Gasteiger partial charge in [-0.05, 0) is 22.9 Å². The van der Waals surface area contributed by atoms with Crippen molar-refractivity contribution in [3.63, 3.8) is 0 Å². The maximum Gasteiger partial charge on any atom is 0.186 e. The van der Waals surface area contributed by atoms with Crippen molar-refractivity contribution in [1.82, 2.24) is 0 Å². The van der Waals surface area contributed by atoms with E-state index in [4.69, 9.17) is 10.1 Å². The van der Waals surface area contributed by atoms with Gasteiger partial charge in [0.15, 0.2) is 11.5 Å². The summed E-state index contributed by atoms with van der Waals surface area (Å²) in [5, 5.41) is 9.41. The Bertz CT molecular complexity index is 246. The van der Waals surface area contributed by atoms with E-state index in [0.717, 1.165) is 21.5 Å². The van der Waals surface area contributed by atoms with Crippen molar-refractivity contribution >= 4 is 33.7 Å². The van der Waals surface area contributed by atoms with Gasteiger partial charge in [0, 0.05) is 15.4 Å². The highest BCUT2D eigenvalue weighted by atomic mass is 79.9. The van der Waals surface area contributed by atoms with Crippen molar-refractivity contribution in [2.75, 3.05) is 0 Å². The number of rotatable bonds is 2. The third-order valence-corrected chi connectivity index (χ3v) is 3.20. The second kappa shape index (κ2) is 3.16. The summed E-state index contributed by atoms with van der Waals surface area (Å²) in [6, 6.07) is 0. The fourth-order valence-corrected chi connectivity index (χ4v) is 1.92. The maximum atomic E-state index is 6.69. The van der Waals surface area contributed by atoms with Crippen LogP contribution in [0.4, 0.5) is 0 Å². The van der Waals surface area contributed by atoms with Crippen LogP contribution in [0.3, 0.4) is 0 Å². The van der Waals surface area contributed by atoms with E-state index in [1.54, 1.807) is 0 Å². The Hall–Kier alpha value is -0.350. The Kier molecular flexibility index (Phi) is 2.45. The van der Waals surface area contributed by atoms with E-state index < -0.39 is 0 Å². The predicted molar refractivity (Wildman–Crippen MR) is 46.2 cm³/mol. The van der Waals surface area contributed by atoms with Crippen molar-refractivity contribution in [3.05, 3.63) is 15.4 Å². The van der Waals surface area contributed by atoms with Crippen LogP contribution in [0.2, 0.25) is 0 Å². The van der Waals surface area contributed by atoms with Crippen molar-refractivity contribution in [3.8, 4) is 5.06 Å². The molecule has 0 bridgehead atoms. The Labute approximate surface area is 71.5 Å². The standard InChI is InChI=1S/C6H6BrNOS/c1-4-5(7)2-10-6(4)9-3-8/h2-3,8H,1H3. The monoisotopic (exact) mass is 219 g/mol. The van der Waals surface area contributed by atoms with E-state index in [0.29, 0.717) is 0 Å². The lowest BCUT2D eigenvalue weighted by Crippen LogP contribution is -1.85. The highest BCUT2D eigenvalue weighted by molar-refractivity contribution is 9.10. The van der Waals surface area contributed by atoms with Crippen LogP contribution in [0, 0.1) is 12.3 Å². The van der Waals surface area contributed by atoms with Crippen LogP contribution < -0.4 is 4.74 Å². The van der Waals surface area contributed by atoms with Crippen molar-refractivity contribution in [2.45, 2.75) is 6.92 Å². The highest BCUT2D eigenvalue weighted by Crippen LogP contribution is 2.32. The van der Waals surface area contributed by atoms with Crippen LogP contribution in [-0.2, 0) is 0 Å². The van der Waals surface area contributed by atoms with Crippen LogP contribution >= 0.6 is 27.3 Å². The van der Waals surface area contributed by atoms with E-state index in [-0.39, 0.29) is 0 Å².